The molecule has 0 aliphatic carbocycles. The molecule has 0 unspecified atom stereocenters. The van der Waals surface area contributed by atoms with Crippen LogP contribution in [0.15, 0.2) is 35.8 Å². The van der Waals surface area contributed by atoms with Gasteiger partial charge in [0.05, 0.1) is 0 Å². The molecule has 0 aromatic heterocycles. The van der Waals surface area contributed by atoms with E-state index in [1.807, 2.05) is 13.0 Å². The highest BCUT2D eigenvalue weighted by atomic mass is 32.1. The van der Waals surface area contributed by atoms with Gasteiger partial charge in [-0.1, -0.05) is 24.8 Å². The van der Waals surface area contributed by atoms with Crippen LogP contribution in [0.1, 0.15) is 6.92 Å². The minimum absolute atomic E-state index is 0.859. The number of thiol groups is 1. The van der Waals surface area contributed by atoms with Gasteiger partial charge in [0.1, 0.15) is 0 Å². The first-order valence-electron chi connectivity index (χ1n) is 2.35. The van der Waals surface area contributed by atoms with Crippen molar-refractivity contribution in [3.8, 4) is 0 Å². The van der Waals surface area contributed by atoms with Gasteiger partial charge in [-0.05, 0) is 13.0 Å². The first-order chi connectivity index (χ1) is 3.66. The third-order valence-electron chi connectivity index (χ3n) is 0.603. The second-order valence-electron chi connectivity index (χ2n) is 1.62. The van der Waals surface area contributed by atoms with E-state index >= 15 is 0 Å². The predicted molar refractivity (Wildman–Crippen MR) is 42.1 cm³/mol. The monoisotopic (exact) mass is 126 g/mol. The first-order valence-corrected chi connectivity index (χ1v) is 2.80. The molecule has 0 rings (SSSR count). The van der Waals surface area contributed by atoms with Gasteiger partial charge in [-0.25, -0.2) is 0 Å². The lowest BCUT2D eigenvalue weighted by molar-refractivity contribution is 1.56. The zero-order valence-electron chi connectivity index (χ0n) is 5.02. The van der Waals surface area contributed by atoms with Crippen LogP contribution >= 0.6 is 12.6 Å². The van der Waals surface area contributed by atoms with Crippen molar-refractivity contribution >= 4 is 12.6 Å². The van der Waals surface area contributed by atoms with Crippen LogP contribution in [0, 0.1) is 0 Å². The molecule has 0 aromatic rings. The predicted octanol–water partition coefficient (Wildman–Crippen LogP) is 2.56. The van der Waals surface area contributed by atoms with Crippen molar-refractivity contribution in [1.82, 2.24) is 0 Å². The van der Waals surface area contributed by atoms with E-state index in [1.54, 1.807) is 6.08 Å². The molecule has 0 saturated heterocycles. The van der Waals surface area contributed by atoms with Gasteiger partial charge in [-0.15, -0.1) is 12.6 Å². The highest BCUT2D eigenvalue weighted by Gasteiger charge is 1.78. The van der Waals surface area contributed by atoms with Gasteiger partial charge in [-0.2, -0.15) is 0 Å². The molecule has 0 aromatic carbocycles. The molecule has 0 aliphatic heterocycles. The van der Waals surface area contributed by atoms with E-state index in [1.165, 1.54) is 0 Å². The van der Waals surface area contributed by atoms with Gasteiger partial charge >= 0.3 is 0 Å². The molecule has 0 heterocycles. The first kappa shape index (κ1) is 7.57. The largest absolute Gasteiger partial charge is 0.143 e. The average molecular weight is 126 g/mol. The Hall–Kier alpha value is -0.430. The van der Waals surface area contributed by atoms with Gasteiger partial charge in [0.15, 0.2) is 0 Å². The summed E-state index contributed by atoms with van der Waals surface area (Å²) in [7, 11) is 0. The minimum atomic E-state index is 0.859. The van der Waals surface area contributed by atoms with Gasteiger partial charge < -0.3 is 0 Å². The van der Waals surface area contributed by atoms with Crippen molar-refractivity contribution in [2.45, 2.75) is 6.92 Å². The number of hydrogen-bond donors (Lipinski definition) is 1. The Morgan fingerprint density at radius 1 is 1.62 bits per heavy atom. The maximum absolute atomic E-state index is 4.05. The molecule has 0 nitrogen and oxygen atoms in total. The Kier molecular flexibility index (Phi) is 3.37. The summed E-state index contributed by atoms with van der Waals surface area (Å²) in [4.78, 5) is 0.859. The Labute approximate surface area is 56.0 Å². The summed E-state index contributed by atoms with van der Waals surface area (Å²) in [5.41, 5.74) is 0.995. The number of hydrogen-bond acceptors (Lipinski definition) is 1. The Balaban J connectivity index is 3.94. The quantitative estimate of drug-likeness (QED) is 0.426. The van der Waals surface area contributed by atoms with E-state index in [0.717, 1.165) is 10.5 Å². The summed E-state index contributed by atoms with van der Waals surface area (Å²) in [6.45, 7) is 9.11. The van der Waals surface area contributed by atoms with Crippen LogP contribution in [0.5, 0.6) is 0 Å². The molecule has 0 spiro atoms. The normalized spacial score (nSPS) is 11.0. The van der Waals surface area contributed by atoms with Crippen LogP contribution in [-0.4, -0.2) is 0 Å². The van der Waals surface area contributed by atoms with Crippen molar-refractivity contribution in [3.05, 3.63) is 35.8 Å². The van der Waals surface area contributed by atoms with Crippen LogP contribution in [0.25, 0.3) is 0 Å². The van der Waals surface area contributed by atoms with Crippen LogP contribution in [0.4, 0.5) is 0 Å². The maximum atomic E-state index is 4.05. The summed E-state index contributed by atoms with van der Waals surface area (Å²) >= 11 is 4.05. The molecule has 0 fully saturated rings. The van der Waals surface area contributed by atoms with E-state index < -0.39 is 0 Å². The van der Waals surface area contributed by atoms with Gasteiger partial charge in [0.2, 0.25) is 0 Å². The molecule has 0 amide bonds. The molecule has 0 atom stereocenters. The molecule has 0 aliphatic rings. The molecule has 0 radical (unpaired) electrons. The van der Waals surface area contributed by atoms with E-state index in [2.05, 4.69) is 25.8 Å². The zero-order chi connectivity index (χ0) is 6.57. The molecular formula is C7H10S. The summed E-state index contributed by atoms with van der Waals surface area (Å²) in [5, 5.41) is 0. The average Bonchev–Trinajstić information content (AvgIpc) is 1.65. The Bertz CT molecular complexity index is 131. The van der Waals surface area contributed by atoms with Crippen molar-refractivity contribution in [2.75, 3.05) is 0 Å². The lowest BCUT2D eigenvalue weighted by Crippen LogP contribution is -1.63. The second-order valence-corrected chi connectivity index (χ2v) is 2.14. The Morgan fingerprint density at radius 2 is 2.12 bits per heavy atom. The number of allylic oxidation sites excluding steroid dienone is 3. The molecule has 0 N–H and O–H groups in total. The molecular weight excluding hydrogens is 116 g/mol. The lowest BCUT2D eigenvalue weighted by Gasteiger charge is -1.86. The van der Waals surface area contributed by atoms with Gasteiger partial charge in [-0.3, -0.25) is 0 Å². The lowest BCUT2D eigenvalue weighted by atomic mass is 10.3. The summed E-state index contributed by atoms with van der Waals surface area (Å²) in [6, 6.07) is 0. The summed E-state index contributed by atoms with van der Waals surface area (Å²) in [5.74, 6) is 0. The molecule has 1 heteroatoms. The minimum Gasteiger partial charge on any atom is -0.143 e. The second kappa shape index (κ2) is 3.56. The van der Waals surface area contributed by atoms with Crippen LogP contribution in [0.2, 0.25) is 0 Å². The van der Waals surface area contributed by atoms with Crippen molar-refractivity contribution in [1.29, 1.82) is 0 Å². The highest BCUT2D eigenvalue weighted by Crippen LogP contribution is 2.03. The van der Waals surface area contributed by atoms with Crippen LogP contribution < -0.4 is 0 Å². The van der Waals surface area contributed by atoms with Crippen molar-refractivity contribution < 1.29 is 0 Å². The standard InChI is InChI=1S/C7H10S/c1-4-7(8)5-6(2)3/h4-5,8H,1-2H2,3H3/b7-5+. The van der Waals surface area contributed by atoms with Crippen molar-refractivity contribution in [3.63, 3.8) is 0 Å². The fourth-order valence-electron chi connectivity index (χ4n) is 0.311. The SMILES string of the molecule is C=C/C(S)=C\C(=C)C. The van der Waals surface area contributed by atoms with E-state index in [0.29, 0.717) is 0 Å². The molecule has 0 bridgehead atoms. The van der Waals surface area contributed by atoms with E-state index in [9.17, 15) is 0 Å². The fourth-order valence-corrected chi connectivity index (χ4v) is 0.532. The molecule has 44 valence electrons. The fraction of sp³-hybridized carbons (Fsp3) is 0.143. The summed E-state index contributed by atoms with van der Waals surface area (Å²) in [6.07, 6.45) is 3.54. The topological polar surface area (TPSA) is 0 Å². The highest BCUT2D eigenvalue weighted by molar-refractivity contribution is 7.84. The number of rotatable bonds is 2. The van der Waals surface area contributed by atoms with Crippen molar-refractivity contribution in [2.24, 2.45) is 0 Å². The van der Waals surface area contributed by atoms with Crippen LogP contribution in [0.3, 0.4) is 0 Å². The third-order valence-corrected chi connectivity index (χ3v) is 0.915. The molecule has 0 saturated carbocycles. The maximum Gasteiger partial charge on any atom is 0.00365 e. The van der Waals surface area contributed by atoms with E-state index in [-0.39, 0.29) is 0 Å². The summed E-state index contributed by atoms with van der Waals surface area (Å²) < 4.78 is 0. The molecule has 8 heavy (non-hydrogen) atoms. The van der Waals surface area contributed by atoms with Crippen LogP contribution in [-0.2, 0) is 0 Å². The zero-order valence-corrected chi connectivity index (χ0v) is 5.91. The third kappa shape index (κ3) is 3.75. The smallest absolute Gasteiger partial charge is 0.00365 e. The van der Waals surface area contributed by atoms with Gasteiger partial charge in [0, 0.05) is 4.91 Å². The van der Waals surface area contributed by atoms with E-state index in [4.69, 9.17) is 0 Å². The Morgan fingerprint density at radius 3 is 2.25 bits per heavy atom. The van der Waals surface area contributed by atoms with Gasteiger partial charge in [0.25, 0.3) is 0 Å².